The molecule has 0 bridgehead atoms. The van der Waals surface area contributed by atoms with Crippen molar-refractivity contribution < 1.29 is 14.1 Å². The molecule has 4 nitrogen and oxygen atoms in total. The predicted molar refractivity (Wildman–Crippen MR) is 57.7 cm³/mol. The average Bonchev–Trinajstić information content (AvgIpc) is 2.60. The Bertz CT molecular complexity index is 506. The van der Waals surface area contributed by atoms with Gasteiger partial charge in [-0.1, -0.05) is 21.1 Å². The van der Waals surface area contributed by atoms with Crippen molar-refractivity contribution in [1.82, 2.24) is 5.16 Å². The van der Waals surface area contributed by atoms with Crippen molar-refractivity contribution in [3.05, 3.63) is 28.4 Å². The Kier molecular flexibility index (Phi) is 2.73. The largest absolute Gasteiger partial charge is 0.461 e. The summed E-state index contributed by atoms with van der Waals surface area (Å²) in [4.78, 5) is 11.5. The molecule has 5 heteroatoms. The van der Waals surface area contributed by atoms with Crippen molar-refractivity contribution >= 4 is 32.9 Å². The fraction of sp³-hybridized carbons (Fsp3) is 0.200. The van der Waals surface area contributed by atoms with Crippen LogP contribution in [0.4, 0.5) is 0 Å². The summed E-state index contributed by atoms with van der Waals surface area (Å²) in [5.41, 5.74) is 0.786. The Hall–Kier alpha value is -1.36. The molecule has 0 saturated heterocycles. The van der Waals surface area contributed by atoms with Crippen molar-refractivity contribution in [3.63, 3.8) is 0 Å². The highest BCUT2D eigenvalue weighted by Gasteiger charge is 2.16. The first-order chi connectivity index (χ1) is 7.22. The van der Waals surface area contributed by atoms with Crippen LogP contribution in [0.1, 0.15) is 17.4 Å². The lowest BCUT2D eigenvalue weighted by molar-refractivity contribution is 0.0517. The molecule has 0 aliphatic rings. The molecular weight excluding hydrogens is 262 g/mol. The Morgan fingerprint density at radius 1 is 1.60 bits per heavy atom. The summed E-state index contributed by atoms with van der Waals surface area (Å²) in [6.45, 7) is 2.07. The number of nitrogens with zero attached hydrogens (tertiary/aromatic N) is 1. The monoisotopic (exact) mass is 269 g/mol. The Balaban J connectivity index is 2.52. The first kappa shape index (κ1) is 10.2. The molecule has 0 fully saturated rings. The lowest BCUT2D eigenvalue weighted by Crippen LogP contribution is -2.05. The second-order valence-electron chi connectivity index (χ2n) is 2.89. The van der Waals surface area contributed by atoms with E-state index in [1.54, 1.807) is 19.1 Å². The number of hydrogen-bond donors (Lipinski definition) is 0. The van der Waals surface area contributed by atoms with E-state index >= 15 is 0 Å². The van der Waals surface area contributed by atoms with E-state index in [9.17, 15) is 4.79 Å². The van der Waals surface area contributed by atoms with Crippen LogP contribution in [0.15, 0.2) is 27.2 Å². The van der Waals surface area contributed by atoms with Gasteiger partial charge in [0.2, 0.25) is 0 Å². The number of ether oxygens (including phenoxy) is 1. The molecule has 15 heavy (non-hydrogen) atoms. The first-order valence-corrected chi connectivity index (χ1v) is 5.23. The van der Waals surface area contributed by atoms with E-state index in [4.69, 9.17) is 9.26 Å². The number of rotatable bonds is 2. The fourth-order valence-electron chi connectivity index (χ4n) is 1.26. The molecule has 1 aromatic carbocycles. The van der Waals surface area contributed by atoms with Crippen molar-refractivity contribution in [1.29, 1.82) is 0 Å². The maximum absolute atomic E-state index is 11.5. The molecule has 78 valence electrons. The van der Waals surface area contributed by atoms with Gasteiger partial charge in [0.05, 0.1) is 12.0 Å². The number of carbonyl (C=O) groups excluding carboxylic acids is 1. The van der Waals surface area contributed by atoms with Crippen molar-refractivity contribution in [2.75, 3.05) is 6.61 Å². The second-order valence-corrected chi connectivity index (χ2v) is 3.81. The first-order valence-electron chi connectivity index (χ1n) is 4.44. The zero-order chi connectivity index (χ0) is 10.8. The third kappa shape index (κ3) is 1.87. The van der Waals surface area contributed by atoms with Crippen LogP contribution < -0.4 is 0 Å². The van der Waals surface area contributed by atoms with E-state index in [1.165, 1.54) is 0 Å². The van der Waals surface area contributed by atoms with Gasteiger partial charge in [0.1, 0.15) is 0 Å². The molecule has 0 atom stereocenters. The van der Waals surface area contributed by atoms with E-state index in [2.05, 4.69) is 21.1 Å². The molecule has 2 aromatic rings. The fourth-order valence-corrected chi connectivity index (χ4v) is 1.62. The highest BCUT2D eigenvalue weighted by Crippen LogP contribution is 2.23. The topological polar surface area (TPSA) is 52.3 Å². The van der Waals surface area contributed by atoms with Crippen molar-refractivity contribution in [2.45, 2.75) is 6.92 Å². The zero-order valence-corrected chi connectivity index (χ0v) is 9.58. The minimum atomic E-state index is -0.464. The van der Waals surface area contributed by atoms with E-state index < -0.39 is 5.97 Å². The summed E-state index contributed by atoms with van der Waals surface area (Å²) in [5.74, 6) is -0.464. The van der Waals surface area contributed by atoms with Gasteiger partial charge in [-0.3, -0.25) is 0 Å². The number of esters is 1. The predicted octanol–water partition coefficient (Wildman–Crippen LogP) is 2.77. The van der Waals surface area contributed by atoms with Crippen LogP contribution in [0.25, 0.3) is 11.0 Å². The number of carbonyl (C=O) groups is 1. The molecule has 0 N–H and O–H groups in total. The molecule has 0 aliphatic heterocycles. The summed E-state index contributed by atoms with van der Waals surface area (Å²) in [7, 11) is 0. The number of halogens is 1. The van der Waals surface area contributed by atoms with E-state index in [0.717, 1.165) is 4.47 Å². The summed E-state index contributed by atoms with van der Waals surface area (Å²) in [6.07, 6.45) is 0. The summed E-state index contributed by atoms with van der Waals surface area (Å²) in [5, 5.41) is 4.34. The molecule has 0 spiro atoms. The number of hydrogen-bond acceptors (Lipinski definition) is 4. The lowest BCUT2D eigenvalue weighted by Gasteiger charge is -1.96. The van der Waals surface area contributed by atoms with Crippen LogP contribution in [-0.4, -0.2) is 17.7 Å². The van der Waals surface area contributed by atoms with Gasteiger partial charge in [-0.2, -0.15) is 0 Å². The highest BCUT2D eigenvalue weighted by atomic mass is 79.9. The second kappa shape index (κ2) is 4.02. The average molecular weight is 270 g/mol. The molecule has 1 heterocycles. The van der Waals surface area contributed by atoms with Gasteiger partial charge in [0.15, 0.2) is 11.3 Å². The molecule has 1 aromatic heterocycles. The number of aromatic nitrogens is 1. The van der Waals surface area contributed by atoms with Crippen LogP contribution in [0, 0.1) is 0 Å². The van der Waals surface area contributed by atoms with E-state index in [-0.39, 0.29) is 5.69 Å². The molecule has 2 rings (SSSR count). The Morgan fingerprint density at radius 3 is 3.13 bits per heavy atom. The van der Waals surface area contributed by atoms with Gasteiger partial charge in [-0.25, -0.2) is 4.79 Å². The summed E-state index contributed by atoms with van der Waals surface area (Å²) >= 11 is 3.32. The normalized spacial score (nSPS) is 10.5. The van der Waals surface area contributed by atoms with Crippen molar-refractivity contribution in [2.24, 2.45) is 0 Å². The number of benzene rings is 1. The van der Waals surface area contributed by atoms with Gasteiger partial charge in [-0.15, -0.1) is 0 Å². The van der Waals surface area contributed by atoms with Crippen LogP contribution in [-0.2, 0) is 4.74 Å². The Morgan fingerprint density at radius 2 is 2.40 bits per heavy atom. The molecule has 0 amide bonds. The smallest absolute Gasteiger partial charge is 0.361 e. The molecular formula is C10H8BrNO3. The molecule has 0 unspecified atom stereocenters. The molecule has 0 radical (unpaired) electrons. The highest BCUT2D eigenvalue weighted by molar-refractivity contribution is 9.10. The van der Waals surface area contributed by atoms with E-state index in [1.807, 2.05) is 6.07 Å². The SMILES string of the molecule is CCOC(=O)c1noc2ccc(Br)cc12. The van der Waals surface area contributed by atoms with Gasteiger partial charge in [-0.05, 0) is 25.1 Å². The lowest BCUT2D eigenvalue weighted by atomic mass is 10.2. The standard InChI is InChI=1S/C10H8BrNO3/c1-2-14-10(13)9-7-5-6(11)3-4-8(7)15-12-9/h3-5H,2H2,1H3. The summed E-state index contributed by atoms with van der Waals surface area (Å²) < 4.78 is 10.7. The maximum Gasteiger partial charge on any atom is 0.361 e. The third-order valence-corrected chi connectivity index (χ3v) is 2.39. The summed E-state index contributed by atoms with van der Waals surface area (Å²) in [6, 6.07) is 5.34. The van der Waals surface area contributed by atoms with Crippen LogP contribution in [0.2, 0.25) is 0 Å². The van der Waals surface area contributed by atoms with Gasteiger partial charge in [0, 0.05) is 4.47 Å². The van der Waals surface area contributed by atoms with Gasteiger partial charge < -0.3 is 9.26 Å². The quantitative estimate of drug-likeness (QED) is 0.787. The third-order valence-electron chi connectivity index (χ3n) is 1.90. The van der Waals surface area contributed by atoms with Crippen LogP contribution >= 0.6 is 15.9 Å². The van der Waals surface area contributed by atoms with E-state index in [0.29, 0.717) is 17.6 Å². The number of fused-ring (bicyclic) bond motifs is 1. The molecule has 0 aliphatic carbocycles. The van der Waals surface area contributed by atoms with Gasteiger partial charge in [0.25, 0.3) is 0 Å². The Labute approximate surface area is 94.3 Å². The minimum Gasteiger partial charge on any atom is -0.461 e. The zero-order valence-electron chi connectivity index (χ0n) is 7.99. The molecule has 0 saturated carbocycles. The minimum absolute atomic E-state index is 0.216. The van der Waals surface area contributed by atoms with Crippen LogP contribution in [0.3, 0.4) is 0 Å². The van der Waals surface area contributed by atoms with Gasteiger partial charge >= 0.3 is 5.97 Å². The van der Waals surface area contributed by atoms with Crippen LogP contribution in [0.5, 0.6) is 0 Å². The van der Waals surface area contributed by atoms with Crippen molar-refractivity contribution in [3.8, 4) is 0 Å². The maximum atomic E-state index is 11.5.